The Kier molecular flexibility index (Phi) is 7.73. The van der Waals surface area contributed by atoms with Gasteiger partial charge in [0.1, 0.15) is 11.4 Å². The van der Waals surface area contributed by atoms with Crippen LogP contribution in [-0.2, 0) is 12.7 Å². The number of likely N-dealkylation sites (tertiary alicyclic amines) is 1. The zero-order valence-corrected chi connectivity index (χ0v) is 16.9. The summed E-state index contributed by atoms with van der Waals surface area (Å²) in [6, 6.07) is 4.81. The number of rotatable bonds is 4. The van der Waals surface area contributed by atoms with Gasteiger partial charge in [0, 0.05) is 17.1 Å². The highest BCUT2D eigenvalue weighted by atomic mass is 35.5. The quantitative estimate of drug-likeness (QED) is 0.679. The number of aromatic nitrogens is 1. The highest BCUT2D eigenvalue weighted by Crippen LogP contribution is 2.31. The van der Waals surface area contributed by atoms with Gasteiger partial charge in [0.2, 0.25) is 0 Å². The summed E-state index contributed by atoms with van der Waals surface area (Å²) in [5.74, 6) is -0.867. The van der Waals surface area contributed by atoms with Gasteiger partial charge in [-0.1, -0.05) is 18.0 Å². The number of halogens is 5. The number of phenolic OH excluding ortho intramolecular Hbond substituents is 1. The van der Waals surface area contributed by atoms with Gasteiger partial charge in [-0.05, 0) is 50.2 Å². The molecule has 3 rings (SSSR count). The largest absolute Gasteiger partial charge is 0.507 e. The van der Waals surface area contributed by atoms with Gasteiger partial charge in [0.15, 0.2) is 0 Å². The van der Waals surface area contributed by atoms with E-state index < -0.39 is 17.8 Å². The molecule has 0 aliphatic carbocycles. The second-order valence-electron chi connectivity index (χ2n) is 6.68. The average molecular weight is 450 g/mol. The molecule has 1 aliphatic rings. The zero-order chi connectivity index (χ0) is 20.3. The van der Waals surface area contributed by atoms with E-state index in [-0.39, 0.29) is 29.4 Å². The van der Waals surface area contributed by atoms with E-state index in [1.54, 1.807) is 6.07 Å². The number of hydrogen-bond acceptors (Lipinski definition) is 4. The molecule has 0 spiro atoms. The molecule has 10 heteroatoms. The number of carbonyl (C=O) groups excluding carboxylic acids is 1. The Labute approximate surface area is 177 Å². The summed E-state index contributed by atoms with van der Waals surface area (Å²) in [6.45, 7) is 2.28. The molecule has 1 fully saturated rings. The maximum atomic E-state index is 12.6. The number of alkyl halides is 3. The number of piperidine rings is 1. The first kappa shape index (κ1) is 23.3. The van der Waals surface area contributed by atoms with Gasteiger partial charge in [-0.2, -0.15) is 13.2 Å². The predicted molar refractivity (Wildman–Crippen MR) is 107 cm³/mol. The maximum Gasteiger partial charge on any atom is 0.433 e. The van der Waals surface area contributed by atoms with E-state index >= 15 is 0 Å². The summed E-state index contributed by atoms with van der Waals surface area (Å²) >= 11 is 6.11. The third kappa shape index (κ3) is 5.98. The van der Waals surface area contributed by atoms with E-state index in [1.165, 1.54) is 12.5 Å². The number of hydrogen-bond donors (Lipinski definition) is 2. The second-order valence-corrected chi connectivity index (χ2v) is 7.12. The molecule has 1 aromatic heterocycles. The van der Waals surface area contributed by atoms with Gasteiger partial charge in [-0.15, -0.1) is 12.4 Å². The summed E-state index contributed by atoms with van der Waals surface area (Å²) < 4.78 is 37.7. The fraction of sp³-hybridized carbons (Fsp3) is 0.368. The van der Waals surface area contributed by atoms with Crippen molar-refractivity contribution in [1.82, 2.24) is 9.88 Å². The Morgan fingerprint density at radius 3 is 2.48 bits per heavy atom. The number of carbonyl (C=O) groups is 1. The number of aromatic hydroxyl groups is 1. The number of pyridine rings is 1. The van der Waals surface area contributed by atoms with Gasteiger partial charge in [0.05, 0.1) is 17.4 Å². The predicted octanol–water partition coefficient (Wildman–Crippen LogP) is 5.12. The summed E-state index contributed by atoms with van der Waals surface area (Å²) in [5, 5.41) is 13.3. The topological polar surface area (TPSA) is 65.5 Å². The van der Waals surface area contributed by atoms with Crippen molar-refractivity contribution in [3.05, 3.63) is 52.3 Å². The van der Waals surface area contributed by atoms with E-state index in [1.807, 2.05) is 0 Å². The molecule has 0 bridgehead atoms. The molecule has 29 heavy (non-hydrogen) atoms. The van der Waals surface area contributed by atoms with E-state index in [2.05, 4.69) is 15.2 Å². The number of anilines is 1. The number of benzene rings is 1. The van der Waals surface area contributed by atoms with Crippen LogP contribution in [0.4, 0.5) is 18.9 Å². The minimum absolute atomic E-state index is 0. The lowest BCUT2D eigenvalue weighted by Crippen LogP contribution is -2.29. The van der Waals surface area contributed by atoms with Gasteiger partial charge in [-0.25, -0.2) is 4.98 Å². The van der Waals surface area contributed by atoms with Gasteiger partial charge in [0.25, 0.3) is 5.91 Å². The first-order chi connectivity index (χ1) is 13.2. The Hall–Kier alpha value is -2.03. The highest BCUT2D eigenvalue weighted by molar-refractivity contribution is 6.31. The van der Waals surface area contributed by atoms with Crippen LogP contribution in [0.3, 0.4) is 0 Å². The summed E-state index contributed by atoms with van der Waals surface area (Å²) in [6.07, 6.45) is -0.313. The molecule has 5 nitrogen and oxygen atoms in total. The van der Waals surface area contributed by atoms with Gasteiger partial charge in [-0.3, -0.25) is 9.69 Å². The van der Waals surface area contributed by atoms with Crippen molar-refractivity contribution in [2.75, 3.05) is 18.4 Å². The van der Waals surface area contributed by atoms with Gasteiger partial charge < -0.3 is 10.4 Å². The van der Waals surface area contributed by atoms with Crippen molar-refractivity contribution in [1.29, 1.82) is 0 Å². The molecular weight excluding hydrogens is 430 g/mol. The Balaban J connectivity index is 0.00000300. The van der Waals surface area contributed by atoms with Crippen LogP contribution in [0.5, 0.6) is 5.75 Å². The van der Waals surface area contributed by atoms with Gasteiger partial charge >= 0.3 is 6.18 Å². The molecule has 158 valence electrons. The normalized spacial score (nSPS) is 14.9. The molecule has 2 heterocycles. The van der Waals surface area contributed by atoms with Crippen LogP contribution in [-0.4, -0.2) is 34.0 Å². The fourth-order valence-corrected chi connectivity index (χ4v) is 3.38. The Bertz CT molecular complexity index is 855. The smallest absolute Gasteiger partial charge is 0.433 e. The van der Waals surface area contributed by atoms with Crippen LogP contribution in [0.1, 0.15) is 40.9 Å². The second kappa shape index (κ2) is 9.65. The van der Waals surface area contributed by atoms with Crippen molar-refractivity contribution >= 4 is 35.6 Å². The van der Waals surface area contributed by atoms with Crippen molar-refractivity contribution in [3.8, 4) is 5.75 Å². The minimum Gasteiger partial charge on any atom is -0.507 e. The SMILES string of the molecule is Cl.O=C(Nc1ccc(C(F)(F)F)nc1)c1cc(Cl)cc(CN2CCCCC2)c1O. The monoisotopic (exact) mass is 449 g/mol. The molecule has 0 atom stereocenters. The summed E-state index contributed by atoms with van der Waals surface area (Å²) in [7, 11) is 0. The molecular formula is C19H20Cl2F3N3O2. The molecule has 1 saturated heterocycles. The molecule has 2 N–H and O–H groups in total. The standard InChI is InChI=1S/C19H19ClF3N3O2.ClH/c20-13-8-12(11-26-6-2-1-3-7-26)17(27)15(9-13)18(28)25-14-4-5-16(24-10-14)19(21,22)23;/h4-5,8-10,27H,1-3,6-7,11H2,(H,25,28);1H. The van der Waals surface area contributed by atoms with Crippen LogP contribution in [0.2, 0.25) is 5.02 Å². The van der Waals surface area contributed by atoms with Crippen molar-refractivity contribution < 1.29 is 23.1 Å². The number of amides is 1. The van der Waals surface area contributed by atoms with E-state index in [9.17, 15) is 23.1 Å². The number of nitrogens with zero attached hydrogens (tertiary/aromatic N) is 2. The van der Waals surface area contributed by atoms with E-state index in [0.29, 0.717) is 17.1 Å². The number of nitrogens with one attached hydrogen (secondary N) is 1. The zero-order valence-electron chi connectivity index (χ0n) is 15.3. The third-order valence-corrected chi connectivity index (χ3v) is 4.77. The maximum absolute atomic E-state index is 12.6. The van der Waals surface area contributed by atoms with Crippen LogP contribution < -0.4 is 5.32 Å². The molecule has 0 saturated carbocycles. The lowest BCUT2D eigenvalue weighted by molar-refractivity contribution is -0.141. The first-order valence-electron chi connectivity index (χ1n) is 8.82. The van der Waals surface area contributed by atoms with E-state index in [0.717, 1.165) is 44.3 Å². The average Bonchev–Trinajstić information content (AvgIpc) is 2.65. The minimum atomic E-state index is -4.56. The number of phenols is 1. The fourth-order valence-electron chi connectivity index (χ4n) is 3.14. The van der Waals surface area contributed by atoms with Crippen LogP contribution in [0, 0.1) is 0 Å². The highest BCUT2D eigenvalue weighted by Gasteiger charge is 2.32. The van der Waals surface area contributed by atoms with Crippen LogP contribution in [0.15, 0.2) is 30.5 Å². The molecule has 2 aromatic rings. The Morgan fingerprint density at radius 1 is 1.21 bits per heavy atom. The van der Waals surface area contributed by atoms with Crippen LogP contribution in [0.25, 0.3) is 0 Å². The van der Waals surface area contributed by atoms with Crippen molar-refractivity contribution in [2.45, 2.75) is 32.0 Å². The Morgan fingerprint density at radius 2 is 1.90 bits per heavy atom. The third-order valence-electron chi connectivity index (χ3n) is 4.55. The first-order valence-corrected chi connectivity index (χ1v) is 9.20. The lowest BCUT2D eigenvalue weighted by atomic mass is 10.1. The molecule has 0 unspecified atom stereocenters. The summed E-state index contributed by atoms with van der Waals surface area (Å²) in [4.78, 5) is 18.0. The lowest BCUT2D eigenvalue weighted by Gasteiger charge is -2.27. The molecule has 0 radical (unpaired) electrons. The summed E-state index contributed by atoms with van der Waals surface area (Å²) in [5.41, 5.74) is -0.487. The molecule has 1 aromatic carbocycles. The van der Waals surface area contributed by atoms with Crippen molar-refractivity contribution in [3.63, 3.8) is 0 Å². The van der Waals surface area contributed by atoms with Crippen molar-refractivity contribution in [2.24, 2.45) is 0 Å². The van der Waals surface area contributed by atoms with Crippen LogP contribution >= 0.6 is 24.0 Å². The van der Waals surface area contributed by atoms with E-state index in [4.69, 9.17) is 11.6 Å². The molecule has 1 amide bonds. The molecule has 1 aliphatic heterocycles.